The van der Waals surface area contributed by atoms with Gasteiger partial charge < -0.3 is 0 Å². The number of aryl methyl sites for hydroxylation is 1. The van der Waals surface area contributed by atoms with Gasteiger partial charge in [0.05, 0.1) is 27.5 Å². The topological polar surface area (TPSA) is 35.6 Å². The first-order valence-corrected chi connectivity index (χ1v) is 20.5. The Labute approximate surface area is 342 Å². The van der Waals surface area contributed by atoms with Crippen molar-refractivity contribution in [1.82, 2.24) is 19.1 Å². The molecule has 0 bridgehead atoms. The van der Waals surface area contributed by atoms with Crippen molar-refractivity contribution in [3.05, 3.63) is 228 Å². The number of rotatable bonds is 6. The van der Waals surface area contributed by atoms with E-state index in [1.54, 1.807) is 0 Å². The lowest BCUT2D eigenvalue weighted by molar-refractivity contribution is 0.766. The SMILES string of the molecule is CCc1ccc2c(c1)C(c1ccccc1)(c1ccccc1)c1cc(-c3nc(-n4c5ccccc5c5ccccc54)cc(-n4c5ccccc5c5ccccc54)n3)ccc1-2. The van der Waals surface area contributed by atoms with E-state index >= 15 is 0 Å². The first kappa shape index (κ1) is 33.6. The van der Waals surface area contributed by atoms with Crippen molar-refractivity contribution in [3.63, 3.8) is 0 Å². The highest BCUT2D eigenvalue weighted by Gasteiger charge is 2.46. The van der Waals surface area contributed by atoms with E-state index < -0.39 is 5.41 Å². The first-order chi connectivity index (χ1) is 29.2. The highest BCUT2D eigenvalue weighted by molar-refractivity contribution is 6.10. The summed E-state index contributed by atoms with van der Waals surface area (Å²) in [5.74, 6) is 2.31. The Morgan fingerprint density at radius 2 is 0.814 bits per heavy atom. The molecule has 0 aliphatic heterocycles. The molecule has 8 aromatic carbocycles. The molecular formula is C55H38N4. The van der Waals surface area contributed by atoms with E-state index in [0.717, 1.165) is 45.7 Å². The first-order valence-electron chi connectivity index (χ1n) is 20.5. The van der Waals surface area contributed by atoms with Crippen LogP contribution in [0.4, 0.5) is 0 Å². The van der Waals surface area contributed by atoms with Gasteiger partial charge in [0.25, 0.3) is 0 Å². The minimum atomic E-state index is -0.547. The summed E-state index contributed by atoms with van der Waals surface area (Å²) in [4.78, 5) is 11.1. The highest BCUT2D eigenvalue weighted by atomic mass is 15.1. The van der Waals surface area contributed by atoms with E-state index in [-0.39, 0.29) is 0 Å². The highest BCUT2D eigenvalue weighted by Crippen LogP contribution is 2.57. The molecule has 4 nitrogen and oxygen atoms in total. The van der Waals surface area contributed by atoms with Gasteiger partial charge in [0, 0.05) is 33.2 Å². The number of hydrogen-bond acceptors (Lipinski definition) is 2. The fourth-order valence-corrected chi connectivity index (χ4v) is 10.0. The Hall–Kier alpha value is -7.56. The third-order valence-corrected chi connectivity index (χ3v) is 12.6. The Bertz CT molecular complexity index is 3150. The summed E-state index contributed by atoms with van der Waals surface area (Å²) in [6.45, 7) is 2.24. The summed E-state index contributed by atoms with van der Waals surface area (Å²) >= 11 is 0. The van der Waals surface area contributed by atoms with Gasteiger partial charge >= 0.3 is 0 Å². The van der Waals surface area contributed by atoms with Crippen LogP contribution in [0, 0.1) is 0 Å². The minimum absolute atomic E-state index is 0.547. The molecule has 0 fully saturated rings. The molecule has 0 saturated carbocycles. The summed E-state index contributed by atoms with van der Waals surface area (Å²) in [5.41, 5.74) is 13.7. The van der Waals surface area contributed by atoms with E-state index in [1.165, 1.54) is 60.5 Å². The normalized spacial score (nSPS) is 13.0. The van der Waals surface area contributed by atoms with Crippen molar-refractivity contribution in [2.24, 2.45) is 0 Å². The summed E-state index contributed by atoms with van der Waals surface area (Å²) < 4.78 is 4.61. The third kappa shape index (κ3) is 4.84. The molecule has 1 aliphatic carbocycles. The van der Waals surface area contributed by atoms with Gasteiger partial charge in [0.1, 0.15) is 11.6 Å². The molecule has 4 heteroatoms. The molecule has 3 heterocycles. The number of para-hydroxylation sites is 4. The quantitative estimate of drug-likeness (QED) is 0.169. The van der Waals surface area contributed by atoms with Crippen LogP contribution < -0.4 is 0 Å². The van der Waals surface area contributed by atoms with Crippen LogP contribution in [0.15, 0.2) is 200 Å². The average Bonchev–Trinajstić information content (AvgIpc) is 3.93. The van der Waals surface area contributed by atoms with Crippen LogP contribution in [0.2, 0.25) is 0 Å². The second kappa shape index (κ2) is 13.0. The van der Waals surface area contributed by atoms with Gasteiger partial charge in [-0.3, -0.25) is 9.13 Å². The Balaban J connectivity index is 1.18. The van der Waals surface area contributed by atoms with E-state index in [9.17, 15) is 0 Å². The monoisotopic (exact) mass is 754 g/mol. The molecule has 0 radical (unpaired) electrons. The van der Waals surface area contributed by atoms with Crippen LogP contribution in [-0.2, 0) is 11.8 Å². The lowest BCUT2D eigenvalue weighted by Gasteiger charge is -2.34. The standard InChI is InChI=1S/C55H38N4/c1-2-36-29-31-40-41-32-30-37(34-47(41)55(46(40)33-36,38-17-5-3-6-18-38)39-19-7-4-8-20-39)54-56-52(58-48-25-13-9-21-42(48)43-22-10-14-26-49(43)58)35-53(57-54)59-50-27-15-11-23-44(50)45-24-12-16-28-51(45)59/h3-35H,2H2,1H3. The van der Waals surface area contributed by atoms with Crippen molar-refractivity contribution in [2.75, 3.05) is 0 Å². The number of nitrogens with zero attached hydrogens (tertiary/aromatic N) is 4. The molecule has 59 heavy (non-hydrogen) atoms. The maximum absolute atomic E-state index is 5.55. The Morgan fingerprint density at radius 1 is 0.407 bits per heavy atom. The van der Waals surface area contributed by atoms with Crippen molar-refractivity contribution >= 4 is 43.6 Å². The second-order valence-electron chi connectivity index (χ2n) is 15.6. The molecular weight excluding hydrogens is 717 g/mol. The maximum Gasteiger partial charge on any atom is 0.163 e. The van der Waals surface area contributed by atoms with E-state index in [0.29, 0.717) is 5.82 Å². The van der Waals surface area contributed by atoms with E-state index in [1.807, 2.05) is 0 Å². The average molecular weight is 755 g/mol. The summed E-state index contributed by atoms with van der Waals surface area (Å²) in [6.07, 6.45) is 0.962. The van der Waals surface area contributed by atoms with Crippen LogP contribution in [0.1, 0.15) is 34.7 Å². The van der Waals surface area contributed by atoms with Crippen molar-refractivity contribution in [2.45, 2.75) is 18.8 Å². The predicted molar refractivity (Wildman–Crippen MR) is 243 cm³/mol. The van der Waals surface area contributed by atoms with Gasteiger partial charge in [-0.2, -0.15) is 0 Å². The summed E-state index contributed by atoms with van der Waals surface area (Å²) in [5, 5.41) is 4.77. The molecule has 11 aromatic rings. The van der Waals surface area contributed by atoms with Crippen molar-refractivity contribution < 1.29 is 0 Å². The molecule has 12 rings (SSSR count). The zero-order valence-electron chi connectivity index (χ0n) is 32.5. The second-order valence-corrected chi connectivity index (χ2v) is 15.6. The predicted octanol–water partition coefficient (Wildman–Crippen LogP) is 13.3. The maximum atomic E-state index is 5.55. The molecule has 278 valence electrons. The van der Waals surface area contributed by atoms with Gasteiger partial charge in [-0.25, -0.2) is 9.97 Å². The zero-order valence-corrected chi connectivity index (χ0v) is 32.5. The Kier molecular flexibility index (Phi) is 7.39. The lowest BCUT2D eigenvalue weighted by Crippen LogP contribution is -2.28. The van der Waals surface area contributed by atoms with Gasteiger partial charge in [-0.15, -0.1) is 0 Å². The zero-order chi connectivity index (χ0) is 39.1. The largest absolute Gasteiger partial charge is 0.294 e. The molecule has 0 saturated heterocycles. The molecule has 0 spiro atoms. The van der Waals surface area contributed by atoms with Crippen LogP contribution >= 0.6 is 0 Å². The van der Waals surface area contributed by atoms with Gasteiger partial charge in [-0.1, -0.05) is 171 Å². The molecule has 3 aromatic heterocycles. The fourth-order valence-electron chi connectivity index (χ4n) is 10.0. The number of benzene rings is 8. The molecule has 1 aliphatic rings. The smallest absolute Gasteiger partial charge is 0.163 e. The molecule has 0 N–H and O–H groups in total. The third-order valence-electron chi connectivity index (χ3n) is 12.6. The van der Waals surface area contributed by atoms with Crippen LogP contribution in [0.3, 0.4) is 0 Å². The van der Waals surface area contributed by atoms with Crippen molar-refractivity contribution in [3.8, 4) is 34.2 Å². The Morgan fingerprint density at radius 3 is 1.27 bits per heavy atom. The minimum Gasteiger partial charge on any atom is -0.294 e. The number of fused-ring (bicyclic) bond motifs is 9. The lowest BCUT2D eigenvalue weighted by atomic mass is 9.67. The van der Waals surface area contributed by atoms with Crippen LogP contribution in [0.25, 0.3) is 77.8 Å². The number of hydrogen-bond donors (Lipinski definition) is 0. The molecule has 0 atom stereocenters. The van der Waals surface area contributed by atoms with Crippen LogP contribution in [-0.4, -0.2) is 19.1 Å². The molecule has 0 amide bonds. The van der Waals surface area contributed by atoms with E-state index in [2.05, 4.69) is 216 Å². The van der Waals surface area contributed by atoms with E-state index in [4.69, 9.17) is 9.97 Å². The molecule has 0 unspecified atom stereocenters. The number of aromatic nitrogens is 4. The van der Waals surface area contributed by atoms with Crippen molar-refractivity contribution in [1.29, 1.82) is 0 Å². The van der Waals surface area contributed by atoms with Crippen LogP contribution in [0.5, 0.6) is 0 Å². The van der Waals surface area contributed by atoms with Gasteiger partial charge in [0.15, 0.2) is 5.82 Å². The van der Waals surface area contributed by atoms with Gasteiger partial charge in [0.2, 0.25) is 0 Å². The summed E-state index contributed by atoms with van der Waals surface area (Å²) in [7, 11) is 0. The fraction of sp³-hybridized carbons (Fsp3) is 0.0545. The van der Waals surface area contributed by atoms with Gasteiger partial charge in [-0.05, 0) is 75.7 Å². The summed E-state index contributed by atoms with van der Waals surface area (Å²) in [6, 6.07) is 72.7.